The highest BCUT2D eigenvalue weighted by Gasteiger charge is 2.30. The molecule has 0 radical (unpaired) electrons. The van der Waals surface area contributed by atoms with Crippen LogP contribution in [-0.2, 0) is 22.7 Å². The van der Waals surface area contributed by atoms with Crippen LogP contribution in [0.5, 0.6) is 0 Å². The Balaban J connectivity index is 1.11. The van der Waals surface area contributed by atoms with Gasteiger partial charge in [0.2, 0.25) is 11.8 Å². The van der Waals surface area contributed by atoms with Crippen molar-refractivity contribution in [3.63, 3.8) is 0 Å². The molecule has 6 rings (SSSR count). The molecule has 2 aromatic carbocycles. The fraction of sp³-hybridized carbons (Fsp3) is 0.323. The number of hydrogen-bond donors (Lipinski definition) is 2. The maximum Gasteiger partial charge on any atom is 0.264 e. The fourth-order valence-electron chi connectivity index (χ4n) is 5.70. The van der Waals surface area contributed by atoms with E-state index in [2.05, 4.69) is 54.7 Å². The van der Waals surface area contributed by atoms with Gasteiger partial charge in [0, 0.05) is 51.4 Å². The number of imide groups is 1. The summed E-state index contributed by atoms with van der Waals surface area (Å²) in [6.07, 6.45) is 1.70. The molecule has 2 aliphatic rings. The van der Waals surface area contributed by atoms with E-state index in [0.717, 1.165) is 44.1 Å². The van der Waals surface area contributed by atoms with E-state index in [1.165, 1.54) is 22.4 Å². The zero-order valence-electron chi connectivity index (χ0n) is 23.3. The van der Waals surface area contributed by atoms with Crippen LogP contribution in [0.4, 0.5) is 15.9 Å². The molecule has 0 bridgehead atoms. The second-order valence-corrected chi connectivity index (χ2v) is 10.8. The summed E-state index contributed by atoms with van der Waals surface area (Å²) in [6.45, 7) is 6.52. The number of pyridine rings is 1. The number of rotatable bonds is 7. The van der Waals surface area contributed by atoms with Crippen molar-refractivity contribution in [2.45, 2.75) is 38.9 Å². The van der Waals surface area contributed by atoms with E-state index in [4.69, 9.17) is 0 Å². The Hall–Kier alpha value is -4.64. The van der Waals surface area contributed by atoms with Crippen molar-refractivity contribution in [1.29, 1.82) is 0 Å². The number of anilines is 2. The lowest BCUT2D eigenvalue weighted by Gasteiger charge is -2.35. The molecule has 0 spiro atoms. The number of nitrogens with zero attached hydrogens (tertiary/aromatic N) is 5. The molecule has 1 atom stereocenters. The summed E-state index contributed by atoms with van der Waals surface area (Å²) in [5.41, 5.74) is 3.17. The number of halogens is 1. The van der Waals surface area contributed by atoms with E-state index in [9.17, 15) is 18.8 Å². The van der Waals surface area contributed by atoms with Gasteiger partial charge in [-0.05, 0) is 48.7 Å². The van der Waals surface area contributed by atoms with Crippen LogP contribution in [0.3, 0.4) is 0 Å². The lowest BCUT2D eigenvalue weighted by molar-refractivity contribution is -0.135. The first kappa shape index (κ1) is 27.5. The van der Waals surface area contributed by atoms with E-state index in [0.29, 0.717) is 29.0 Å². The lowest BCUT2D eigenvalue weighted by atomic mass is 10.1. The molecule has 0 saturated carbocycles. The topological polar surface area (TPSA) is 112 Å². The predicted octanol–water partition coefficient (Wildman–Crippen LogP) is 3.15. The molecule has 42 heavy (non-hydrogen) atoms. The molecular formula is C31H32FN7O3. The quantitative estimate of drug-likeness (QED) is 0.327. The number of carbonyl (C=O) groups is 2. The van der Waals surface area contributed by atoms with Gasteiger partial charge < -0.3 is 10.2 Å². The van der Waals surface area contributed by atoms with Crippen LogP contribution in [0.1, 0.15) is 35.8 Å². The first-order valence-corrected chi connectivity index (χ1v) is 14.1. The van der Waals surface area contributed by atoms with Crippen molar-refractivity contribution in [2.24, 2.45) is 0 Å². The van der Waals surface area contributed by atoms with Gasteiger partial charge in [0.15, 0.2) is 0 Å². The van der Waals surface area contributed by atoms with Crippen LogP contribution < -0.4 is 21.1 Å². The van der Waals surface area contributed by atoms with Crippen LogP contribution in [0, 0.1) is 12.7 Å². The molecule has 216 valence electrons. The van der Waals surface area contributed by atoms with E-state index < -0.39 is 11.9 Å². The van der Waals surface area contributed by atoms with Crippen LogP contribution in [0.25, 0.3) is 10.9 Å². The van der Waals surface area contributed by atoms with Crippen molar-refractivity contribution < 1.29 is 14.0 Å². The predicted molar refractivity (Wildman–Crippen MR) is 158 cm³/mol. The number of benzene rings is 2. The second kappa shape index (κ2) is 11.7. The molecule has 10 nitrogen and oxygen atoms in total. The minimum Gasteiger partial charge on any atom is -0.380 e. The van der Waals surface area contributed by atoms with Gasteiger partial charge in [0.25, 0.3) is 5.56 Å². The molecule has 4 aromatic rings. The van der Waals surface area contributed by atoms with Gasteiger partial charge in [0.05, 0.1) is 17.1 Å². The SMILES string of the molecule is Cc1nc2cccc(NCc3ccc(CN4CCN(c5ccc(F)cn5)CC4)cc3)c2c(=O)n1C1CCC(=O)NC1=O. The average Bonchev–Trinajstić information content (AvgIpc) is 2.98. The second-order valence-electron chi connectivity index (χ2n) is 10.8. The molecule has 0 aliphatic carbocycles. The Bertz CT molecular complexity index is 1680. The van der Waals surface area contributed by atoms with Crippen molar-refractivity contribution in [3.8, 4) is 0 Å². The number of nitrogens with one attached hydrogen (secondary N) is 2. The number of amides is 2. The highest BCUT2D eigenvalue weighted by Crippen LogP contribution is 2.24. The number of piperidine rings is 1. The summed E-state index contributed by atoms with van der Waals surface area (Å²) >= 11 is 0. The first-order valence-electron chi connectivity index (χ1n) is 14.1. The normalized spacial score (nSPS) is 17.9. The Kier molecular flexibility index (Phi) is 7.66. The van der Waals surface area contributed by atoms with E-state index >= 15 is 0 Å². The molecule has 2 N–H and O–H groups in total. The average molecular weight is 570 g/mol. The fourth-order valence-corrected chi connectivity index (χ4v) is 5.70. The number of carbonyl (C=O) groups excluding carboxylic acids is 2. The van der Waals surface area contributed by atoms with Gasteiger partial charge in [-0.2, -0.15) is 0 Å². The van der Waals surface area contributed by atoms with Gasteiger partial charge in [-0.15, -0.1) is 0 Å². The molecule has 1 unspecified atom stereocenters. The highest BCUT2D eigenvalue weighted by atomic mass is 19.1. The molecule has 2 aliphatic heterocycles. The molecule has 2 aromatic heterocycles. The van der Waals surface area contributed by atoms with Crippen LogP contribution in [0.2, 0.25) is 0 Å². The Morgan fingerprint density at radius 3 is 2.45 bits per heavy atom. The smallest absolute Gasteiger partial charge is 0.264 e. The summed E-state index contributed by atoms with van der Waals surface area (Å²) in [5.74, 6) is 0.109. The van der Waals surface area contributed by atoms with Crippen LogP contribution in [-0.4, -0.2) is 57.4 Å². The lowest BCUT2D eigenvalue weighted by Crippen LogP contribution is -2.46. The number of hydrogen-bond acceptors (Lipinski definition) is 8. The molecule has 11 heteroatoms. The first-order chi connectivity index (χ1) is 20.4. The third-order valence-electron chi connectivity index (χ3n) is 7.95. The zero-order valence-corrected chi connectivity index (χ0v) is 23.3. The van der Waals surface area contributed by atoms with Crippen LogP contribution in [0.15, 0.2) is 65.6 Å². The summed E-state index contributed by atoms with van der Waals surface area (Å²) in [5, 5.41) is 6.13. The minimum absolute atomic E-state index is 0.180. The Morgan fingerprint density at radius 2 is 1.74 bits per heavy atom. The highest BCUT2D eigenvalue weighted by molar-refractivity contribution is 5.99. The van der Waals surface area contributed by atoms with Gasteiger partial charge in [-0.1, -0.05) is 30.3 Å². The van der Waals surface area contributed by atoms with Crippen molar-refractivity contribution >= 4 is 34.2 Å². The summed E-state index contributed by atoms with van der Waals surface area (Å²) < 4.78 is 14.6. The molecule has 2 amide bonds. The molecule has 2 fully saturated rings. The standard InChI is InChI=1S/C31H32FN7O3/c1-20-35-25-4-2-3-24(29(25)31(42)39(20)26-10-12-28(40)36-30(26)41)33-17-21-5-7-22(8-6-21)19-37-13-15-38(16-14-37)27-11-9-23(32)18-34-27/h2-9,11,18,26,33H,10,12-17,19H2,1H3,(H,36,40,41). The maximum atomic E-state index is 13.6. The third kappa shape index (κ3) is 5.73. The number of piperazine rings is 1. The van der Waals surface area contributed by atoms with Gasteiger partial charge >= 0.3 is 0 Å². The molecule has 4 heterocycles. The van der Waals surface area contributed by atoms with Crippen molar-refractivity contribution in [1.82, 2.24) is 24.8 Å². The summed E-state index contributed by atoms with van der Waals surface area (Å²) in [7, 11) is 0. The maximum absolute atomic E-state index is 13.6. The molecule has 2 saturated heterocycles. The van der Waals surface area contributed by atoms with Crippen molar-refractivity contribution in [2.75, 3.05) is 36.4 Å². The van der Waals surface area contributed by atoms with Crippen LogP contribution >= 0.6 is 0 Å². The van der Waals surface area contributed by atoms with Gasteiger partial charge in [0.1, 0.15) is 23.5 Å². The van der Waals surface area contributed by atoms with E-state index in [-0.39, 0.29) is 30.1 Å². The Labute approximate surface area is 242 Å². The minimum atomic E-state index is -0.768. The number of aryl methyl sites for hydroxylation is 1. The van der Waals surface area contributed by atoms with E-state index in [1.54, 1.807) is 19.1 Å². The Morgan fingerprint density at radius 1 is 0.976 bits per heavy atom. The summed E-state index contributed by atoms with van der Waals surface area (Å²) in [6, 6.07) is 16.3. The molecular weight excluding hydrogens is 537 g/mol. The van der Waals surface area contributed by atoms with Crippen molar-refractivity contribution in [3.05, 3.63) is 93.9 Å². The van der Waals surface area contributed by atoms with E-state index in [1.807, 2.05) is 12.1 Å². The third-order valence-corrected chi connectivity index (χ3v) is 7.95. The zero-order chi connectivity index (χ0) is 29.2. The number of aromatic nitrogens is 3. The van der Waals surface area contributed by atoms with Gasteiger partial charge in [-0.3, -0.25) is 29.2 Å². The summed E-state index contributed by atoms with van der Waals surface area (Å²) in [4.78, 5) is 51.2. The number of fused-ring (bicyclic) bond motifs is 1. The van der Waals surface area contributed by atoms with Gasteiger partial charge in [-0.25, -0.2) is 14.4 Å². The largest absolute Gasteiger partial charge is 0.380 e. The monoisotopic (exact) mass is 569 g/mol.